The molecular formula is C6H11NO2. The lowest BCUT2D eigenvalue weighted by Gasteiger charge is -2.15. The quantitative estimate of drug-likeness (QED) is 0.475. The van der Waals surface area contributed by atoms with Gasteiger partial charge in [0.25, 0.3) is 0 Å². The summed E-state index contributed by atoms with van der Waals surface area (Å²) in [5, 5.41) is 12.0. The first kappa shape index (κ1) is 6.71. The predicted octanol–water partition coefficient (Wildman–Crippen LogP) is -0.354. The highest BCUT2D eigenvalue weighted by molar-refractivity contribution is 5.58. The van der Waals surface area contributed by atoms with Crippen molar-refractivity contribution in [1.29, 1.82) is 0 Å². The molecule has 9 heavy (non-hydrogen) atoms. The van der Waals surface area contributed by atoms with Crippen LogP contribution in [0.4, 0.5) is 0 Å². The molecule has 1 saturated heterocycles. The van der Waals surface area contributed by atoms with Crippen molar-refractivity contribution < 1.29 is 9.90 Å². The second-order valence-electron chi connectivity index (χ2n) is 2.70. The van der Waals surface area contributed by atoms with Gasteiger partial charge < -0.3 is 9.90 Å². The summed E-state index contributed by atoms with van der Waals surface area (Å²) in [6.07, 6.45) is 2.24. The fourth-order valence-corrected chi connectivity index (χ4v) is 1.08. The maximum absolute atomic E-state index is 10.1. The lowest BCUT2D eigenvalue weighted by molar-refractivity contribution is -0.110. The van der Waals surface area contributed by atoms with Crippen molar-refractivity contribution in [3.8, 4) is 0 Å². The van der Waals surface area contributed by atoms with Gasteiger partial charge in [-0.15, -0.1) is 0 Å². The third-order valence-corrected chi connectivity index (χ3v) is 1.60. The van der Waals surface area contributed by atoms with Gasteiger partial charge in [-0.3, -0.25) is 5.32 Å². The van der Waals surface area contributed by atoms with Gasteiger partial charge in [-0.1, -0.05) is 0 Å². The fraction of sp³-hybridized carbons (Fsp3) is 0.833. The van der Waals surface area contributed by atoms with Crippen molar-refractivity contribution in [2.45, 2.75) is 31.5 Å². The van der Waals surface area contributed by atoms with Crippen LogP contribution in [0.3, 0.4) is 0 Å². The lowest BCUT2D eigenvalue weighted by Crippen LogP contribution is -2.40. The summed E-state index contributed by atoms with van der Waals surface area (Å²) in [5.74, 6) is 0. The number of hydrogen-bond donors (Lipinski definition) is 2. The van der Waals surface area contributed by atoms with Crippen LogP contribution in [0.2, 0.25) is 0 Å². The Kier molecular flexibility index (Phi) is 1.55. The summed E-state index contributed by atoms with van der Waals surface area (Å²) in [7, 11) is 0. The van der Waals surface area contributed by atoms with Crippen molar-refractivity contribution in [2.75, 3.05) is 0 Å². The van der Waals surface area contributed by atoms with Crippen molar-refractivity contribution in [3.05, 3.63) is 0 Å². The van der Waals surface area contributed by atoms with E-state index in [0.717, 1.165) is 12.7 Å². The molecule has 0 bridgehead atoms. The van der Waals surface area contributed by atoms with Crippen LogP contribution in [0.1, 0.15) is 19.8 Å². The number of aldehydes is 1. The van der Waals surface area contributed by atoms with E-state index in [1.54, 1.807) is 6.92 Å². The SMILES string of the molecule is CC1(O)CCC(C=O)N1. The summed E-state index contributed by atoms with van der Waals surface area (Å²) in [6, 6.07) is -0.139. The zero-order valence-corrected chi connectivity index (χ0v) is 5.42. The zero-order chi connectivity index (χ0) is 6.91. The van der Waals surface area contributed by atoms with Crippen molar-refractivity contribution in [2.24, 2.45) is 0 Å². The maximum Gasteiger partial charge on any atom is 0.136 e. The van der Waals surface area contributed by atoms with Crippen LogP contribution in [-0.4, -0.2) is 23.2 Å². The van der Waals surface area contributed by atoms with E-state index in [9.17, 15) is 9.90 Å². The minimum absolute atomic E-state index is 0.139. The van der Waals surface area contributed by atoms with Gasteiger partial charge in [-0.25, -0.2) is 0 Å². The second kappa shape index (κ2) is 2.08. The van der Waals surface area contributed by atoms with E-state index in [0.29, 0.717) is 6.42 Å². The molecule has 1 aliphatic rings. The first-order chi connectivity index (χ1) is 4.14. The molecule has 2 N–H and O–H groups in total. The first-order valence-electron chi connectivity index (χ1n) is 3.09. The van der Waals surface area contributed by atoms with E-state index in [-0.39, 0.29) is 6.04 Å². The highest BCUT2D eigenvalue weighted by Gasteiger charge is 2.31. The van der Waals surface area contributed by atoms with Gasteiger partial charge in [0.05, 0.1) is 6.04 Å². The predicted molar refractivity (Wildman–Crippen MR) is 32.8 cm³/mol. The third-order valence-electron chi connectivity index (χ3n) is 1.60. The highest BCUT2D eigenvalue weighted by atomic mass is 16.3. The fourth-order valence-electron chi connectivity index (χ4n) is 1.08. The summed E-state index contributed by atoms with van der Waals surface area (Å²) in [5.41, 5.74) is -0.814. The van der Waals surface area contributed by atoms with Crippen LogP contribution < -0.4 is 5.32 Å². The molecule has 52 valence electrons. The minimum atomic E-state index is -0.814. The van der Waals surface area contributed by atoms with Gasteiger partial charge in [0.1, 0.15) is 12.0 Å². The molecule has 0 saturated carbocycles. The second-order valence-corrected chi connectivity index (χ2v) is 2.70. The Labute approximate surface area is 54.1 Å². The Balaban J connectivity index is 2.47. The standard InChI is InChI=1S/C6H11NO2/c1-6(9)3-2-5(4-8)7-6/h4-5,7,9H,2-3H2,1H3. The monoisotopic (exact) mass is 129 g/mol. The van der Waals surface area contributed by atoms with Gasteiger partial charge in [0, 0.05) is 0 Å². The van der Waals surface area contributed by atoms with E-state index < -0.39 is 5.72 Å². The number of rotatable bonds is 1. The lowest BCUT2D eigenvalue weighted by atomic mass is 10.2. The maximum atomic E-state index is 10.1. The summed E-state index contributed by atoms with van der Waals surface area (Å²) >= 11 is 0. The Bertz CT molecular complexity index is 122. The Morgan fingerprint density at radius 1 is 1.89 bits per heavy atom. The van der Waals surface area contributed by atoms with E-state index in [2.05, 4.69) is 5.32 Å². The summed E-state index contributed by atoms with van der Waals surface area (Å²) in [6.45, 7) is 1.68. The normalized spacial score (nSPS) is 43.1. The van der Waals surface area contributed by atoms with Crippen molar-refractivity contribution in [1.82, 2.24) is 5.32 Å². The van der Waals surface area contributed by atoms with Gasteiger partial charge in [0.2, 0.25) is 0 Å². The number of nitrogens with one attached hydrogen (secondary N) is 1. The van der Waals surface area contributed by atoms with E-state index in [1.807, 2.05) is 0 Å². The first-order valence-corrected chi connectivity index (χ1v) is 3.09. The van der Waals surface area contributed by atoms with Gasteiger partial charge in [-0.05, 0) is 19.8 Å². The summed E-state index contributed by atoms with van der Waals surface area (Å²) < 4.78 is 0. The molecule has 0 spiro atoms. The topological polar surface area (TPSA) is 49.3 Å². The van der Waals surface area contributed by atoms with Gasteiger partial charge in [-0.2, -0.15) is 0 Å². The molecule has 1 rings (SSSR count). The third kappa shape index (κ3) is 1.50. The zero-order valence-electron chi connectivity index (χ0n) is 5.42. The van der Waals surface area contributed by atoms with E-state index in [1.165, 1.54) is 0 Å². The van der Waals surface area contributed by atoms with E-state index in [4.69, 9.17) is 0 Å². The van der Waals surface area contributed by atoms with E-state index >= 15 is 0 Å². The largest absolute Gasteiger partial charge is 0.376 e. The molecule has 0 amide bonds. The minimum Gasteiger partial charge on any atom is -0.376 e. The molecule has 1 fully saturated rings. The van der Waals surface area contributed by atoms with Crippen LogP contribution in [0.5, 0.6) is 0 Å². The van der Waals surface area contributed by atoms with Crippen LogP contribution in [0.15, 0.2) is 0 Å². The Morgan fingerprint density at radius 2 is 2.56 bits per heavy atom. The molecule has 0 aromatic rings. The summed E-state index contributed by atoms with van der Waals surface area (Å²) in [4.78, 5) is 10.1. The number of aliphatic hydroxyl groups is 1. The molecule has 1 aliphatic heterocycles. The Morgan fingerprint density at radius 3 is 2.78 bits per heavy atom. The number of carbonyl (C=O) groups excluding carboxylic acids is 1. The molecule has 0 aliphatic carbocycles. The van der Waals surface area contributed by atoms with Gasteiger partial charge in [0.15, 0.2) is 0 Å². The van der Waals surface area contributed by atoms with Crippen LogP contribution in [-0.2, 0) is 4.79 Å². The smallest absolute Gasteiger partial charge is 0.136 e. The van der Waals surface area contributed by atoms with Crippen LogP contribution in [0, 0.1) is 0 Å². The molecule has 2 atom stereocenters. The van der Waals surface area contributed by atoms with Crippen molar-refractivity contribution >= 4 is 6.29 Å². The Hall–Kier alpha value is -0.410. The van der Waals surface area contributed by atoms with Crippen molar-refractivity contribution in [3.63, 3.8) is 0 Å². The number of carbonyl (C=O) groups is 1. The van der Waals surface area contributed by atoms with Crippen LogP contribution >= 0.6 is 0 Å². The molecule has 3 nitrogen and oxygen atoms in total. The molecule has 2 unspecified atom stereocenters. The van der Waals surface area contributed by atoms with Crippen LogP contribution in [0.25, 0.3) is 0 Å². The molecular weight excluding hydrogens is 118 g/mol. The number of hydrogen-bond acceptors (Lipinski definition) is 3. The molecule has 3 heteroatoms. The van der Waals surface area contributed by atoms with Gasteiger partial charge >= 0.3 is 0 Å². The molecule has 0 radical (unpaired) electrons. The molecule has 0 aromatic heterocycles. The molecule has 1 heterocycles. The highest BCUT2D eigenvalue weighted by Crippen LogP contribution is 2.18. The average Bonchev–Trinajstić information content (AvgIpc) is 2.10. The average molecular weight is 129 g/mol. The molecule has 0 aromatic carbocycles.